The Labute approximate surface area is 148 Å². The molecule has 1 saturated heterocycles. The summed E-state index contributed by atoms with van der Waals surface area (Å²) in [5.74, 6) is 1.14. The molecule has 2 aromatic rings. The topological polar surface area (TPSA) is 48.0 Å². The van der Waals surface area contributed by atoms with E-state index in [2.05, 4.69) is 19.1 Å². The third-order valence-corrected chi connectivity index (χ3v) is 4.52. The molecule has 1 atom stereocenters. The van der Waals surface area contributed by atoms with Crippen molar-refractivity contribution in [2.45, 2.75) is 13.0 Å². The lowest BCUT2D eigenvalue weighted by molar-refractivity contribution is -0.0231. The minimum Gasteiger partial charge on any atom is -0.493 e. The van der Waals surface area contributed by atoms with Crippen molar-refractivity contribution in [3.63, 3.8) is 0 Å². The number of carbonyl (C=O) groups is 1. The van der Waals surface area contributed by atoms with Crippen molar-refractivity contribution >= 4 is 5.91 Å². The lowest BCUT2D eigenvalue weighted by Gasteiger charge is -2.34. The predicted molar refractivity (Wildman–Crippen MR) is 95.3 cm³/mol. The second-order valence-corrected chi connectivity index (χ2v) is 6.04. The molecule has 0 saturated carbocycles. The maximum Gasteiger partial charge on any atom is 0.254 e. The fraction of sp³-hybridized carbons (Fsp3) is 0.350. The van der Waals surface area contributed by atoms with Crippen LogP contribution in [-0.2, 0) is 4.74 Å². The number of rotatable bonds is 4. The van der Waals surface area contributed by atoms with Crippen LogP contribution in [0.2, 0.25) is 0 Å². The molecule has 0 spiro atoms. The molecule has 25 heavy (non-hydrogen) atoms. The Kier molecular flexibility index (Phi) is 5.24. The molecule has 1 fully saturated rings. The largest absolute Gasteiger partial charge is 0.493 e. The van der Waals surface area contributed by atoms with Gasteiger partial charge >= 0.3 is 0 Å². The van der Waals surface area contributed by atoms with Gasteiger partial charge in [-0.15, -0.1) is 0 Å². The Morgan fingerprint density at radius 3 is 2.60 bits per heavy atom. The molecule has 0 aromatic heterocycles. The van der Waals surface area contributed by atoms with Crippen LogP contribution in [0.25, 0.3) is 0 Å². The van der Waals surface area contributed by atoms with Gasteiger partial charge in [-0.05, 0) is 36.2 Å². The van der Waals surface area contributed by atoms with E-state index in [-0.39, 0.29) is 12.0 Å². The third-order valence-electron chi connectivity index (χ3n) is 4.52. The fourth-order valence-electron chi connectivity index (χ4n) is 3.12. The van der Waals surface area contributed by atoms with Gasteiger partial charge in [-0.1, -0.05) is 24.3 Å². The van der Waals surface area contributed by atoms with E-state index >= 15 is 0 Å². The fourth-order valence-corrected chi connectivity index (χ4v) is 3.12. The second-order valence-electron chi connectivity index (χ2n) is 6.04. The summed E-state index contributed by atoms with van der Waals surface area (Å²) in [5, 5.41) is 0. The number of carbonyl (C=O) groups excluding carboxylic acids is 1. The lowest BCUT2D eigenvalue weighted by atomic mass is 10.0. The first-order valence-electron chi connectivity index (χ1n) is 8.32. The number of hydrogen-bond acceptors (Lipinski definition) is 4. The van der Waals surface area contributed by atoms with E-state index in [9.17, 15) is 4.79 Å². The van der Waals surface area contributed by atoms with Crippen molar-refractivity contribution in [2.75, 3.05) is 33.9 Å². The van der Waals surface area contributed by atoms with Crippen molar-refractivity contribution in [1.29, 1.82) is 0 Å². The standard InChI is InChI=1S/C20H23NO4/c1-14-6-4-5-7-16(14)19-13-21(10-11-25-19)20(22)15-8-9-17(23-2)18(12-15)24-3/h4-9,12,19H,10-11,13H2,1-3H3. The molecule has 1 aliphatic heterocycles. The highest BCUT2D eigenvalue weighted by Crippen LogP contribution is 2.30. The Bertz CT molecular complexity index is 759. The average molecular weight is 341 g/mol. The van der Waals surface area contributed by atoms with E-state index in [1.54, 1.807) is 32.4 Å². The van der Waals surface area contributed by atoms with Gasteiger partial charge in [-0.2, -0.15) is 0 Å². The van der Waals surface area contributed by atoms with Gasteiger partial charge in [0.15, 0.2) is 11.5 Å². The Hall–Kier alpha value is -2.53. The van der Waals surface area contributed by atoms with Crippen molar-refractivity contribution in [2.24, 2.45) is 0 Å². The number of hydrogen-bond donors (Lipinski definition) is 0. The number of benzene rings is 2. The molecule has 1 heterocycles. The second kappa shape index (κ2) is 7.57. The highest BCUT2D eigenvalue weighted by Gasteiger charge is 2.27. The van der Waals surface area contributed by atoms with E-state index in [4.69, 9.17) is 14.2 Å². The number of morpholine rings is 1. The molecule has 0 radical (unpaired) electrons. The normalized spacial score (nSPS) is 17.2. The summed E-state index contributed by atoms with van der Waals surface area (Å²) in [5.41, 5.74) is 2.89. The minimum atomic E-state index is -0.0981. The number of aryl methyl sites for hydroxylation is 1. The molecule has 132 valence electrons. The molecule has 0 aliphatic carbocycles. The van der Waals surface area contributed by atoms with Crippen LogP contribution in [0.5, 0.6) is 11.5 Å². The van der Waals surface area contributed by atoms with Gasteiger partial charge in [-0.3, -0.25) is 4.79 Å². The summed E-state index contributed by atoms with van der Waals surface area (Å²) >= 11 is 0. The number of methoxy groups -OCH3 is 2. The van der Waals surface area contributed by atoms with Crippen LogP contribution in [0.4, 0.5) is 0 Å². The van der Waals surface area contributed by atoms with E-state index in [1.165, 1.54) is 5.56 Å². The number of ether oxygens (including phenoxy) is 3. The highest BCUT2D eigenvalue weighted by molar-refractivity contribution is 5.95. The predicted octanol–water partition coefficient (Wildman–Crippen LogP) is 3.23. The van der Waals surface area contributed by atoms with Gasteiger partial charge in [0.2, 0.25) is 0 Å². The van der Waals surface area contributed by atoms with Crippen LogP contribution < -0.4 is 9.47 Å². The molecule has 2 aromatic carbocycles. The summed E-state index contributed by atoms with van der Waals surface area (Å²) in [4.78, 5) is 14.7. The molecular weight excluding hydrogens is 318 g/mol. The summed E-state index contributed by atoms with van der Waals surface area (Å²) in [6, 6.07) is 13.4. The molecule has 5 heteroatoms. The Balaban J connectivity index is 1.79. The molecule has 0 bridgehead atoms. The summed E-state index contributed by atoms with van der Waals surface area (Å²) < 4.78 is 16.4. The van der Waals surface area contributed by atoms with Crippen LogP contribution in [-0.4, -0.2) is 44.7 Å². The first-order valence-corrected chi connectivity index (χ1v) is 8.32. The quantitative estimate of drug-likeness (QED) is 0.857. The van der Waals surface area contributed by atoms with Crippen LogP contribution in [0.1, 0.15) is 27.6 Å². The van der Waals surface area contributed by atoms with Gasteiger partial charge < -0.3 is 19.1 Å². The molecule has 5 nitrogen and oxygen atoms in total. The van der Waals surface area contributed by atoms with Crippen molar-refractivity contribution in [3.05, 3.63) is 59.2 Å². The van der Waals surface area contributed by atoms with E-state index in [0.29, 0.717) is 36.8 Å². The first-order chi connectivity index (χ1) is 12.1. The maximum absolute atomic E-state index is 12.9. The zero-order valence-corrected chi connectivity index (χ0v) is 14.8. The number of nitrogens with zero attached hydrogens (tertiary/aromatic N) is 1. The van der Waals surface area contributed by atoms with Crippen molar-refractivity contribution < 1.29 is 19.0 Å². The van der Waals surface area contributed by atoms with Crippen LogP contribution in [0.15, 0.2) is 42.5 Å². The van der Waals surface area contributed by atoms with E-state index in [0.717, 1.165) is 5.56 Å². The minimum absolute atomic E-state index is 0.0252. The Morgan fingerprint density at radius 2 is 1.88 bits per heavy atom. The van der Waals surface area contributed by atoms with Gasteiger partial charge in [0, 0.05) is 12.1 Å². The first kappa shape index (κ1) is 17.3. The zero-order chi connectivity index (χ0) is 17.8. The molecule has 1 unspecified atom stereocenters. The lowest BCUT2D eigenvalue weighted by Crippen LogP contribution is -2.42. The van der Waals surface area contributed by atoms with Gasteiger partial charge in [0.05, 0.1) is 27.4 Å². The Morgan fingerprint density at radius 1 is 1.12 bits per heavy atom. The van der Waals surface area contributed by atoms with Crippen LogP contribution >= 0.6 is 0 Å². The van der Waals surface area contributed by atoms with Crippen molar-refractivity contribution in [3.8, 4) is 11.5 Å². The molecule has 1 amide bonds. The highest BCUT2D eigenvalue weighted by atomic mass is 16.5. The average Bonchev–Trinajstić information content (AvgIpc) is 2.67. The molecule has 1 aliphatic rings. The van der Waals surface area contributed by atoms with Crippen LogP contribution in [0.3, 0.4) is 0 Å². The van der Waals surface area contributed by atoms with Gasteiger partial charge in [0.1, 0.15) is 6.10 Å². The van der Waals surface area contributed by atoms with Crippen molar-refractivity contribution in [1.82, 2.24) is 4.90 Å². The van der Waals surface area contributed by atoms with Gasteiger partial charge in [-0.25, -0.2) is 0 Å². The van der Waals surface area contributed by atoms with Gasteiger partial charge in [0.25, 0.3) is 5.91 Å². The third kappa shape index (κ3) is 3.61. The molecular formula is C20H23NO4. The SMILES string of the molecule is COc1ccc(C(=O)N2CCOC(c3ccccc3C)C2)cc1OC. The number of amides is 1. The zero-order valence-electron chi connectivity index (χ0n) is 14.8. The van der Waals surface area contributed by atoms with E-state index < -0.39 is 0 Å². The summed E-state index contributed by atoms with van der Waals surface area (Å²) in [6.45, 7) is 3.71. The molecule has 3 rings (SSSR count). The van der Waals surface area contributed by atoms with Crippen LogP contribution in [0, 0.1) is 6.92 Å². The monoisotopic (exact) mass is 341 g/mol. The summed E-state index contributed by atoms with van der Waals surface area (Å²) in [7, 11) is 3.14. The van der Waals surface area contributed by atoms with E-state index in [1.807, 2.05) is 17.0 Å². The maximum atomic E-state index is 12.9. The smallest absolute Gasteiger partial charge is 0.254 e. The summed E-state index contributed by atoms with van der Waals surface area (Å²) in [6.07, 6.45) is -0.0981. The molecule has 0 N–H and O–H groups in total.